The molecule has 2 aromatic carbocycles. The number of hydrogen-bond donors (Lipinski definition) is 1. The highest BCUT2D eigenvalue weighted by Crippen LogP contribution is 2.58. The standard InChI is InChI=1S/C31H29N/c32-22-12-21-30-28(23-24-13-4-1-5-14-24)27-19-10-11-20-29(27)31(30,25-15-6-2-7-16-25)26-17-8-3-9-18-26/h1-4,6-9,11-13,15-18,20-23H,5,10,14,19,32H2/b22-12+,28-23-,30-21+. The van der Waals surface area contributed by atoms with Crippen LogP contribution in [0.4, 0.5) is 0 Å². The van der Waals surface area contributed by atoms with Crippen LogP contribution >= 0.6 is 0 Å². The fourth-order valence-electron chi connectivity index (χ4n) is 5.43. The molecule has 0 bridgehead atoms. The van der Waals surface area contributed by atoms with Gasteiger partial charge in [0, 0.05) is 0 Å². The lowest BCUT2D eigenvalue weighted by Gasteiger charge is -2.35. The highest BCUT2D eigenvalue weighted by molar-refractivity contribution is 5.77. The van der Waals surface area contributed by atoms with Gasteiger partial charge in [0.25, 0.3) is 0 Å². The molecule has 0 saturated heterocycles. The lowest BCUT2D eigenvalue weighted by atomic mass is 9.66. The maximum atomic E-state index is 5.86. The van der Waals surface area contributed by atoms with Crippen LogP contribution in [0.3, 0.4) is 0 Å². The predicted octanol–water partition coefficient (Wildman–Crippen LogP) is 7.23. The highest BCUT2D eigenvalue weighted by atomic mass is 14.5. The van der Waals surface area contributed by atoms with Crippen molar-refractivity contribution in [3.05, 3.63) is 154 Å². The smallest absolute Gasteiger partial charge is 0.0710 e. The summed E-state index contributed by atoms with van der Waals surface area (Å²) in [6.07, 6.45) is 24.0. The predicted molar refractivity (Wildman–Crippen MR) is 135 cm³/mol. The van der Waals surface area contributed by atoms with E-state index in [0.717, 1.165) is 25.7 Å². The molecule has 1 nitrogen and oxygen atoms in total. The summed E-state index contributed by atoms with van der Waals surface area (Å²) in [6, 6.07) is 21.9. The van der Waals surface area contributed by atoms with Crippen molar-refractivity contribution in [2.24, 2.45) is 5.73 Å². The van der Waals surface area contributed by atoms with Gasteiger partial charge < -0.3 is 5.73 Å². The van der Waals surface area contributed by atoms with E-state index in [1.165, 1.54) is 39.0 Å². The summed E-state index contributed by atoms with van der Waals surface area (Å²) < 4.78 is 0. The zero-order chi connectivity index (χ0) is 21.8. The highest BCUT2D eigenvalue weighted by Gasteiger charge is 2.48. The first kappa shape index (κ1) is 20.3. The van der Waals surface area contributed by atoms with Crippen molar-refractivity contribution in [2.75, 3.05) is 0 Å². The van der Waals surface area contributed by atoms with E-state index in [4.69, 9.17) is 5.73 Å². The second kappa shape index (κ2) is 8.88. The Bertz CT molecular complexity index is 1160. The Morgan fingerprint density at radius 1 is 0.812 bits per heavy atom. The molecule has 32 heavy (non-hydrogen) atoms. The van der Waals surface area contributed by atoms with Crippen molar-refractivity contribution in [2.45, 2.75) is 31.1 Å². The Balaban J connectivity index is 1.87. The number of benzene rings is 2. The number of nitrogens with two attached hydrogens (primary N) is 1. The van der Waals surface area contributed by atoms with Gasteiger partial charge >= 0.3 is 0 Å². The molecule has 3 aliphatic carbocycles. The molecule has 0 heterocycles. The van der Waals surface area contributed by atoms with Gasteiger partial charge in [-0.25, -0.2) is 0 Å². The Kier molecular flexibility index (Phi) is 5.64. The van der Waals surface area contributed by atoms with Gasteiger partial charge in [-0.05, 0) is 77.0 Å². The van der Waals surface area contributed by atoms with Crippen LogP contribution in [-0.2, 0) is 5.41 Å². The van der Waals surface area contributed by atoms with Crippen molar-refractivity contribution in [3.63, 3.8) is 0 Å². The van der Waals surface area contributed by atoms with E-state index >= 15 is 0 Å². The van der Waals surface area contributed by atoms with E-state index in [1.807, 2.05) is 6.08 Å². The molecule has 0 radical (unpaired) electrons. The fourth-order valence-corrected chi connectivity index (χ4v) is 5.43. The van der Waals surface area contributed by atoms with E-state index in [0.29, 0.717) is 0 Å². The number of allylic oxidation sites excluding steroid dienone is 13. The lowest BCUT2D eigenvalue weighted by molar-refractivity contribution is 0.751. The third kappa shape index (κ3) is 3.35. The Morgan fingerprint density at radius 3 is 2.12 bits per heavy atom. The normalized spacial score (nSPS) is 22.1. The van der Waals surface area contributed by atoms with Crippen molar-refractivity contribution < 1.29 is 0 Å². The molecule has 0 aromatic heterocycles. The van der Waals surface area contributed by atoms with Crippen molar-refractivity contribution >= 4 is 0 Å². The molecule has 0 fully saturated rings. The maximum Gasteiger partial charge on any atom is 0.0710 e. The van der Waals surface area contributed by atoms with Gasteiger partial charge in [0.05, 0.1) is 5.41 Å². The summed E-state index contributed by atoms with van der Waals surface area (Å²) in [4.78, 5) is 0. The van der Waals surface area contributed by atoms with Gasteiger partial charge in [-0.3, -0.25) is 0 Å². The molecule has 0 unspecified atom stereocenters. The molecule has 2 N–H and O–H groups in total. The average Bonchev–Trinajstić information content (AvgIpc) is 3.14. The first-order chi connectivity index (χ1) is 15.9. The third-order valence-electron chi connectivity index (χ3n) is 6.76. The van der Waals surface area contributed by atoms with Gasteiger partial charge in [-0.2, -0.15) is 0 Å². The zero-order valence-corrected chi connectivity index (χ0v) is 18.4. The summed E-state index contributed by atoms with van der Waals surface area (Å²) in [5.74, 6) is 0. The van der Waals surface area contributed by atoms with Crippen LogP contribution in [0.25, 0.3) is 0 Å². The minimum atomic E-state index is -0.356. The summed E-state index contributed by atoms with van der Waals surface area (Å²) in [5.41, 5.74) is 15.0. The first-order valence-electron chi connectivity index (χ1n) is 11.5. The van der Waals surface area contributed by atoms with Crippen LogP contribution in [-0.4, -0.2) is 0 Å². The topological polar surface area (TPSA) is 26.0 Å². The van der Waals surface area contributed by atoms with E-state index in [9.17, 15) is 0 Å². The first-order valence-corrected chi connectivity index (χ1v) is 11.5. The molecule has 2 aromatic rings. The quantitative estimate of drug-likeness (QED) is 0.560. The largest absolute Gasteiger partial charge is 0.405 e. The van der Waals surface area contributed by atoms with Crippen LogP contribution in [0.2, 0.25) is 0 Å². The monoisotopic (exact) mass is 415 g/mol. The summed E-state index contributed by atoms with van der Waals surface area (Å²) in [6.45, 7) is 0. The molecule has 0 amide bonds. The van der Waals surface area contributed by atoms with Gasteiger partial charge in [-0.1, -0.05) is 103 Å². The second-order valence-electron chi connectivity index (χ2n) is 8.55. The molecular formula is C31H29N. The van der Waals surface area contributed by atoms with Gasteiger partial charge in [0.2, 0.25) is 0 Å². The van der Waals surface area contributed by atoms with Crippen LogP contribution < -0.4 is 5.73 Å². The summed E-state index contributed by atoms with van der Waals surface area (Å²) in [5, 5.41) is 0. The summed E-state index contributed by atoms with van der Waals surface area (Å²) in [7, 11) is 0. The Hall–Kier alpha value is -3.58. The molecule has 3 aliphatic rings. The fraction of sp³-hybridized carbons (Fsp3) is 0.161. The minimum absolute atomic E-state index is 0.356. The van der Waals surface area contributed by atoms with Gasteiger partial charge in [-0.15, -0.1) is 0 Å². The van der Waals surface area contributed by atoms with E-state index in [2.05, 4.69) is 103 Å². The average molecular weight is 416 g/mol. The molecule has 0 atom stereocenters. The molecular weight excluding hydrogens is 386 g/mol. The van der Waals surface area contributed by atoms with Gasteiger partial charge in [0.1, 0.15) is 0 Å². The SMILES string of the molecule is N/C=C/C=C1\C(=C/C2=CC=CCC2)C2=C(C=CCC2)C1(c1ccccc1)c1ccccc1. The van der Waals surface area contributed by atoms with E-state index in [1.54, 1.807) is 6.20 Å². The molecule has 158 valence electrons. The lowest BCUT2D eigenvalue weighted by Crippen LogP contribution is -2.29. The Morgan fingerprint density at radius 2 is 1.50 bits per heavy atom. The third-order valence-corrected chi connectivity index (χ3v) is 6.76. The van der Waals surface area contributed by atoms with E-state index in [-0.39, 0.29) is 5.41 Å². The molecule has 0 spiro atoms. The molecule has 1 heteroatoms. The van der Waals surface area contributed by atoms with E-state index < -0.39 is 0 Å². The second-order valence-corrected chi connectivity index (χ2v) is 8.55. The van der Waals surface area contributed by atoms with Crippen molar-refractivity contribution in [3.8, 4) is 0 Å². The van der Waals surface area contributed by atoms with Crippen LogP contribution in [0, 0.1) is 0 Å². The van der Waals surface area contributed by atoms with Crippen molar-refractivity contribution in [1.29, 1.82) is 0 Å². The summed E-state index contributed by atoms with van der Waals surface area (Å²) >= 11 is 0. The number of hydrogen-bond acceptors (Lipinski definition) is 1. The van der Waals surface area contributed by atoms with Crippen LogP contribution in [0.1, 0.15) is 36.8 Å². The molecule has 0 saturated carbocycles. The maximum absolute atomic E-state index is 5.86. The minimum Gasteiger partial charge on any atom is -0.405 e. The van der Waals surface area contributed by atoms with Crippen LogP contribution in [0.15, 0.2) is 143 Å². The molecule has 5 rings (SSSR count). The van der Waals surface area contributed by atoms with Crippen molar-refractivity contribution in [1.82, 2.24) is 0 Å². The Labute approximate surface area is 191 Å². The number of rotatable bonds is 4. The molecule has 0 aliphatic heterocycles. The van der Waals surface area contributed by atoms with Crippen LogP contribution in [0.5, 0.6) is 0 Å². The zero-order valence-electron chi connectivity index (χ0n) is 18.4. The van der Waals surface area contributed by atoms with Gasteiger partial charge in [0.15, 0.2) is 0 Å².